The van der Waals surface area contributed by atoms with Gasteiger partial charge in [0.15, 0.2) is 5.69 Å². The van der Waals surface area contributed by atoms with Crippen LogP contribution in [0, 0.1) is 0 Å². The molecule has 0 radical (unpaired) electrons. The highest BCUT2D eigenvalue weighted by molar-refractivity contribution is 5.92. The van der Waals surface area contributed by atoms with E-state index in [1.54, 1.807) is 24.1 Å². The second-order valence-electron chi connectivity index (χ2n) is 7.93. The summed E-state index contributed by atoms with van der Waals surface area (Å²) in [4.78, 5) is 27.0. The molecule has 0 unspecified atom stereocenters. The number of nitrogens with one attached hydrogen (secondary N) is 2. The molecule has 1 aliphatic heterocycles. The van der Waals surface area contributed by atoms with Crippen LogP contribution in [0.2, 0.25) is 0 Å². The molecule has 2 aliphatic rings. The van der Waals surface area contributed by atoms with Gasteiger partial charge in [-0.3, -0.25) is 4.79 Å². The number of rotatable bonds is 6. The summed E-state index contributed by atoms with van der Waals surface area (Å²) < 4.78 is 6.87. The number of carbonyl (C=O) groups is 2. The fraction of sp³-hybridized carbons (Fsp3) is 0.524. The number of nitrogens with zero attached hydrogens (tertiary/aromatic N) is 4. The van der Waals surface area contributed by atoms with Gasteiger partial charge >= 0.3 is 6.03 Å². The van der Waals surface area contributed by atoms with Gasteiger partial charge in [0.25, 0.3) is 5.91 Å². The van der Waals surface area contributed by atoms with Gasteiger partial charge in [-0.1, -0.05) is 24.1 Å². The van der Waals surface area contributed by atoms with Gasteiger partial charge in [0.1, 0.15) is 5.75 Å². The molecule has 0 spiro atoms. The van der Waals surface area contributed by atoms with Crippen LogP contribution >= 0.6 is 0 Å². The number of urea groups is 1. The third-order valence-electron chi connectivity index (χ3n) is 5.82. The van der Waals surface area contributed by atoms with E-state index in [4.69, 9.17) is 4.74 Å². The number of anilines is 1. The molecule has 3 amide bonds. The SMILES string of the molecule is COc1cccc(NC(=O)N2CCC[C@H]2Cn2cc(C(=O)NC3CCCC3)nn2)c1. The molecule has 1 saturated carbocycles. The molecule has 2 N–H and O–H groups in total. The summed E-state index contributed by atoms with van der Waals surface area (Å²) >= 11 is 0. The van der Waals surface area contributed by atoms with Crippen LogP contribution in [0.1, 0.15) is 49.0 Å². The first kappa shape index (κ1) is 20.2. The first-order valence-electron chi connectivity index (χ1n) is 10.5. The third kappa shape index (κ3) is 4.72. The summed E-state index contributed by atoms with van der Waals surface area (Å²) in [5.41, 5.74) is 1.02. The molecule has 1 atom stereocenters. The summed E-state index contributed by atoms with van der Waals surface area (Å²) in [6.07, 6.45) is 7.86. The summed E-state index contributed by atoms with van der Waals surface area (Å²) in [7, 11) is 1.60. The molecule has 9 nitrogen and oxygen atoms in total. The minimum absolute atomic E-state index is 0.00283. The van der Waals surface area contributed by atoms with Crippen molar-refractivity contribution >= 4 is 17.6 Å². The average molecular weight is 412 g/mol. The lowest BCUT2D eigenvalue weighted by atomic mass is 10.2. The van der Waals surface area contributed by atoms with Gasteiger partial charge in [-0.25, -0.2) is 9.48 Å². The fourth-order valence-electron chi connectivity index (χ4n) is 4.23. The van der Waals surface area contributed by atoms with Gasteiger partial charge < -0.3 is 20.3 Å². The normalized spacial score (nSPS) is 19.1. The van der Waals surface area contributed by atoms with Gasteiger partial charge in [0.05, 0.1) is 25.9 Å². The molecule has 2 aromatic rings. The number of ether oxygens (including phenoxy) is 1. The largest absolute Gasteiger partial charge is 0.497 e. The van der Waals surface area contributed by atoms with Crippen LogP contribution in [0.5, 0.6) is 5.75 Å². The molecule has 4 rings (SSSR count). The number of methoxy groups -OCH3 is 1. The average Bonchev–Trinajstić information content (AvgIpc) is 3.50. The Labute approximate surface area is 175 Å². The molecular formula is C21H28N6O3. The maximum atomic E-state index is 12.8. The standard InChI is InChI=1S/C21H28N6O3/c1-30-18-10-4-8-16(12-18)23-21(29)27-11-5-9-17(27)13-26-14-19(24-25-26)20(28)22-15-6-2-3-7-15/h4,8,10,12,14-15,17H,2-3,5-7,9,11,13H2,1H3,(H,22,28)(H,23,29)/t17-/m0/s1. The number of amides is 3. The highest BCUT2D eigenvalue weighted by Gasteiger charge is 2.30. The maximum absolute atomic E-state index is 12.8. The zero-order chi connectivity index (χ0) is 20.9. The third-order valence-corrected chi connectivity index (χ3v) is 5.82. The Balaban J connectivity index is 1.35. The van der Waals surface area contributed by atoms with Crippen molar-refractivity contribution in [2.75, 3.05) is 19.0 Å². The monoisotopic (exact) mass is 412 g/mol. The molecule has 2 heterocycles. The summed E-state index contributed by atoms with van der Waals surface area (Å²) in [6.45, 7) is 1.19. The van der Waals surface area contributed by atoms with E-state index in [9.17, 15) is 9.59 Å². The van der Waals surface area contributed by atoms with E-state index < -0.39 is 0 Å². The number of carbonyl (C=O) groups excluding carboxylic acids is 2. The Morgan fingerprint density at radius 2 is 2.03 bits per heavy atom. The molecule has 0 bridgehead atoms. The number of aromatic nitrogens is 3. The van der Waals surface area contributed by atoms with Gasteiger partial charge in [0.2, 0.25) is 0 Å². The zero-order valence-corrected chi connectivity index (χ0v) is 17.2. The molecular weight excluding hydrogens is 384 g/mol. The Hall–Kier alpha value is -3.10. The predicted octanol–water partition coefficient (Wildman–Crippen LogP) is 2.66. The van der Waals surface area contributed by atoms with Crippen molar-refractivity contribution in [3.8, 4) is 5.75 Å². The molecule has 1 aromatic heterocycles. The molecule has 1 saturated heterocycles. The lowest BCUT2D eigenvalue weighted by Gasteiger charge is -2.24. The van der Waals surface area contributed by atoms with Crippen molar-refractivity contribution in [1.82, 2.24) is 25.2 Å². The number of hydrogen-bond donors (Lipinski definition) is 2. The summed E-state index contributed by atoms with van der Waals surface area (Å²) in [5.74, 6) is 0.518. The van der Waals surface area contributed by atoms with Gasteiger partial charge in [-0.05, 0) is 37.8 Å². The lowest BCUT2D eigenvalue weighted by Crippen LogP contribution is -2.40. The van der Waals surface area contributed by atoms with Gasteiger partial charge in [-0.2, -0.15) is 0 Å². The molecule has 2 fully saturated rings. The molecule has 1 aromatic carbocycles. The van der Waals surface area contributed by atoms with Crippen LogP contribution in [0.25, 0.3) is 0 Å². The Morgan fingerprint density at radius 3 is 2.83 bits per heavy atom. The molecule has 160 valence electrons. The predicted molar refractivity (Wildman–Crippen MR) is 111 cm³/mol. The quantitative estimate of drug-likeness (QED) is 0.760. The Kier molecular flexibility index (Phi) is 6.15. The van der Waals surface area contributed by atoms with Crippen molar-refractivity contribution in [1.29, 1.82) is 0 Å². The molecule has 9 heteroatoms. The van der Waals surface area contributed by atoms with Crippen LogP contribution in [0.3, 0.4) is 0 Å². The Bertz CT molecular complexity index is 892. The minimum atomic E-state index is -0.174. The summed E-state index contributed by atoms with van der Waals surface area (Å²) in [5, 5.41) is 14.1. The zero-order valence-electron chi connectivity index (χ0n) is 17.2. The summed E-state index contributed by atoms with van der Waals surface area (Å²) in [6, 6.07) is 7.39. The van der Waals surface area contributed by atoms with E-state index in [0.29, 0.717) is 30.2 Å². The number of likely N-dealkylation sites (tertiary alicyclic amines) is 1. The van der Waals surface area contributed by atoms with E-state index in [1.165, 1.54) is 0 Å². The second kappa shape index (κ2) is 9.15. The van der Waals surface area contributed by atoms with Crippen molar-refractivity contribution in [3.63, 3.8) is 0 Å². The van der Waals surface area contributed by atoms with Crippen LogP contribution in [0.15, 0.2) is 30.5 Å². The second-order valence-corrected chi connectivity index (χ2v) is 7.93. The highest BCUT2D eigenvalue weighted by atomic mass is 16.5. The van der Waals surface area contributed by atoms with E-state index in [-0.39, 0.29) is 24.0 Å². The van der Waals surface area contributed by atoms with Crippen molar-refractivity contribution in [3.05, 3.63) is 36.2 Å². The van der Waals surface area contributed by atoms with Crippen molar-refractivity contribution in [2.24, 2.45) is 0 Å². The lowest BCUT2D eigenvalue weighted by molar-refractivity contribution is 0.0932. The van der Waals surface area contributed by atoms with Crippen LogP contribution in [-0.4, -0.2) is 57.6 Å². The minimum Gasteiger partial charge on any atom is -0.497 e. The van der Waals surface area contributed by atoms with E-state index in [1.807, 2.05) is 23.1 Å². The number of benzene rings is 1. The topological polar surface area (TPSA) is 101 Å². The van der Waals surface area contributed by atoms with E-state index in [2.05, 4.69) is 20.9 Å². The van der Waals surface area contributed by atoms with Crippen LogP contribution in [0.4, 0.5) is 10.5 Å². The van der Waals surface area contributed by atoms with Crippen LogP contribution in [-0.2, 0) is 6.54 Å². The fourth-order valence-corrected chi connectivity index (χ4v) is 4.23. The first-order chi connectivity index (χ1) is 14.6. The Morgan fingerprint density at radius 1 is 1.20 bits per heavy atom. The smallest absolute Gasteiger partial charge is 0.322 e. The van der Waals surface area contributed by atoms with Gasteiger partial charge in [-0.15, -0.1) is 5.10 Å². The first-order valence-corrected chi connectivity index (χ1v) is 10.5. The molecule has 1 aliphatic carbocycles. The maximum Gasteiger partial charge on any atom is 0.322 e. The van der Waals surface area contributed by atoms with Crippen molar-refractivity contribution in [2.45, 2.75) is 57.2 Å². The van der Waals surface area contributed by atoms with E-state index in [0.717, 1.165) is 38.5 Å². The highest BCUT2D eigenvalue weighted by Crippen LogP contribution is 2.22. The van der Waals surface area contributed by atoms with Crippen LogP contribution < -0.4 is 15.4 Å². The van der Waals surface area contributed by atoms with Gasteiger partial charge in [0, 0.05) is 24.3 Å². The molecule has 30 heavy (non-hydrogen) atoms. The van der Waals surface area contributed by atoms with Crippen molar-refractivity contribution < 1.29 is 14.3 Å². The van der Waals surface area contributed by atoms with E-state index >= 15 is 0 Å². The number of hydrogen-bond acceptors (Lipinski definition) is 5.